The van der Waals surface area contributed by atoms with E-state index in [0.29, 0.717) is 0 Å². The van der Waals surface area contributed by atoms with Crippen molar-refractivity contribution in [2.45, 2.75) is 44.6 Å². The van der Waals surface area contributed by atoms with Crippen LogP contribution in [0.3, 0.4) is 0 Å². The second-order valence-electron chi connectivity index (χ2n) is 3.70. The molecule has 0 amide bonds. The lowest BCUT2D eigenvalue weighted by Gasteiger charge is -2.23. The lowest BCUT2D eigenvalue weighted by atomic mass is 10.1. The first-order chi connectivity index (χ1) is 6.02. The number of hydrogen-bond acceptors (Lipinski definition) is 3. The number of esters is 1. The Labute approximate surface area is 76.9 Å². The minimum absolute atomic E-state index is 0.410. The van der Waals surface area contributed by atoms with Crippen LogP contribution in [-0.2, 0) is 14.3 Å². The smallest absolute Gasteiger partial charge is 0.317 e. The van der Waals surface area contributed by atoms with Crippen LogP contribution in [0.15, 0.2) is 0 Å². The van der Waals surface area contributed by atoms with Gasteiger partial charge in [0.1, 0.15) is 12.0 Å². The predicted molar refractivity (Wildman–Crippen MR) is 45.2 cm³/mol. The molecular formula is C9H14O4. The number of rotatable bonds is 3. The number of carboxylic acid groups (broad SMARTS) is 1. The maximum atomic E-state index is 11.0. The summed E-state index contributed by atoms with van der Waals surface area (Å²) >= 11 is 0. The van der Waals surface area contributed by atoms with E-state index >= 15 is 0 Å². The fraction of sp³-hybridized carbons (Fsp3) is 0.778. The molecule has 1 aliphatic rings. The minimum Gasteiger partial charge on any atom is -0.481 e. The highest BCUT2D eigenvalue weighted by Crippen LogP contribution is 2.32. The minimum atomic E-state index is -1.13. The number of carbonyl (C=O) groups excluding carboxylic acids is 1. The summed E-state index contributed by atoms with van der Waals surface area (Å²) < 4.78 is 5.09. The molecule has 1 aliphatic carbocycles. The zero-order valence-corrected chi connectivity index (χ0v) is 7.71. The van der Waals surface area contributed by atoms with E-state index in [1.807, 2.05) is 6.92 Å². The van der Waals surface area contributed by atoms with Crippen LogP contribution in [0, 0.1) is 0 Å². The number of hydrogen-bond donors (Lipinski definition) is 1. The summed E-state index contributed by atoms with van der Waals surface area (Å²) in [6.07, 6.45) is 3.26. The van der Waals surface area contributed by atoms with Gasteiger partial charge in [0.05, 0.1) is 0 Å². The van der Waals surface area contributed by atoms with Gasteiger partial charge < -0.3 is 9.84 Å². The highest BCUT2D eigenvalue weighted by Gasteiger charge is 2.32. The Balaban J connectivity index is 2.38. The van der Waals surface area contributed by atoms with Gasteiger partial charge in [-0.05, 0) is 32.6 Å². The fourth-order valence-corrected chi connectivity index (χ4v) is 1.66. The van der Waals surface area contributed by atoms with Crippen LogP contribution in [0.4, 0.5) is 0 Å². The molecule has 0 spiro atoms. The molecule has 1 fully saturated rings. The second-order valence-corrected chi connectivity index (χ2v) is 3.70. The molecule has 0 unspecified atom stereocenters. The maximum Gasteiger partial charge on any atom is 0.317 e. The second kappa shape index (κ2) is 3.77. The van der Waals surface area contributed by atoms with E-state index in [1.54, 1.807) is 0 Å². The predicted octanol–water partition coefficient (Wildman–Crippen LogP) is 1.34. The van der Waals surface area contributed by atoms with Gasteiger partial charge in [0.25, 0.3) is 0 Å². The zero-order valence-electron chi connectivity index (χ0n) is 7.71. The van der Waals surface area contributed by atoms with Crippen molar-refractivity contribution in [1.29, 1.82) is 0 Å². The molecule has 0 aromatic carbocycles. The normalized spacial score (nSPS) is 19.8. The third kappa shape index (κ3) is 3.05. The molecule has 74 valence electrons. The molecule has 0 aromatic heterocycles. The summed E-state index contributed by atoms with van der Waals surface area (Å²) in [5.41, 5.74) is -0.410. The van der Waals surface area contributed by atoms with Crippen LogP contribution < -0.4 is 0 Å². The van der Waals surface area contributed by atoms with Gasteiger partial charge in [-0.15, -0.1) is 0 Å². The van der Waals surface area contributed by atoms with Gasteiger partial charge in [0.2, 0.25) is 0 Å². The molecule has 0 heterocycles. The van der Waals surface area contributed by atoms with Crippen LogP contribution in [-0.4, -0.2) is 22.6 Å². The van der Waals surface area contributed by atoms with Gasteiger partial charge in [-0.1, -0.05) is 0 Å². The third-order valence-corrected chi connectivity index (χ3v) is 2.32. The Bertz CT molecular complexity index is 216. The monoisotopic (exact) mass is 186 g/mol. The molecule has 0 aromatic rings. The molecule has 13 heavy (non-hydrogen) atoms. The summed E-state index contributed by atoms with van der Waals surface area (Å²) in [7, 11) is 0. The average molecular weight is 186 g/mol. The van der Waals surface area contributed by atoms with Crippen molar-refractivity contribution in [3.05, 3.63) is 0 Å². The van der Waals surface area contributed by atoms with Crippen molar-refractivity contribution in [1.82, 2.24) is 0 Å². The average Bonchev–Trinajstić information content (AvgIpc) is 2.33. The summed E-state index contributed by atoms with van der Waals surface area (Å²) in [5, 5.41) is 8.34. The molecule has 0 aliphatic heterocycles. The highest BCUT2D eigenvalue weighted by molar-refractivity contribution is 5.90. The number of carbonyl (C=O) groups is 2. The largest absolute Gasteiger partial charge is 0.481 e. The summed E-state index contributed by atoms with van der Waals surface area (Å²) in [5.74, 6) is -1.76. The first-order valence-electron chi connectivity index (χ1n) is 4.45. The molecule has 1 N–H and O–H groups in total. The van der Waals surface area contributed by atoms with Gasteiger partial charge in [-0.25, -0.2) is 0 Å². The number of carboxylic acids is 1. The Morgan fingerprint density at radius 1 is 1.38 bits per heavy atom. The van der Waals surface area contributed by atoms with E-state index in [0.717, 1.165) is 25.7 Å². The van der Waals surface area contributed by atoms with Gasteiger partial charge in [0.15, 0.2) is 0 Å². The van der Waals surface area contributed by atoms with Crippen molar-refractivity contribution < 1.29 is 19.4 Å². The standard InChI is InChI=1S/C9H14O4/c1-9(4-2-3-5-9)13-8(12)6-7(10)11/h2-6H2,1H3,(H,10,11). The molecule has 1 rings (SSSR count). The van der Waals surface area contributed by atoms with Crippen LogP contribution in [0.1, 0.15) is 39.0 Å². The van der Waals surface area contributed by atoms with Crippen LogP contribution in [0.2, 0.25) is 0 Å². The molecule has 0 radical (unpaired) electrons. The Morgan fingerprint density at radius 3 is 2.38 bits per heavy atom. The lowest BCUT2D eigenvalue weighted by molar-refractivity contribution is -0.161. The molecule has 1 saturated carbocycles. The Morgan fingerprint density at radius 2 is 1.92 bits per heavy atom. The van der Waals surface area contributed by atoms with Gasteiger partial charge in [-0.3, -0.25) is 9.59 Å². The highest BCUT2D eigenvalue weighted by atomic mass is 16.6. The fourth-order valence-electron chi connectivity index (χ4n) is 1.66. The molecule has 0 bridgehead atoms. The van der Waals surface area contributed by atoms with E-state index < -0.39 is 24.0 Å². The lowest BCUT2D eigenvalue weighted by Crippen LogP contribution is -2.29. The van der Waals surface area contributed by atoms with E-state index in [4.69, 9.17) is 9.84 Å². The van der Waals surface area contributed by atoms with E-state index in [2.05, 4.69) is 0 Å². The first-order valence-corrected chi connectivity index (χ1v) is 4.45. The van der Waals surface area contributed by atoms with Crippen LogP contribution in [0.25, 0.3) is 0 Å². The third-order valence-electron chi connectivity index (χ3n) is 2.32. The number of ether oxygens (including phenoxy) is 1. The van der Waals surface area contributed by atoms with Gasteiger partial charge in [-0.2, -0.15) is 0 Å². The van der Waals surface area contributed by atoms with Crippen molar-refractivity contribution >= 4 is 11.9 Å². The summed E-state index contributed by atoms with van der Waals surface area (Å²) in [4.78, 5) is 21.2. The van der Waals surface area contributed by atoms with Gasteiger partial charge >= 0.3 is 11.9 Å². The number of aliphatic carboxylic acids is 1. The van der Waals surface area contributed by atoms with E-state index in [9.17, 15) is 9.59 Å². The topological polar surface area (TPSA) is 63.6 Å². The Hall–Kier alpha value is -1.06. The summed E-state index contributed by atoms with van der Waals surface area (Å²) in [6.45, 7) is 1.86. The quantitative estimate of drug-likeness (QED) is 0.533. The van der Waals surface area contributed by atoms with Crippen molar-refractivity contribution in [2.75, 3.05) is 0 Å². The molecule has 0 atom stereocenters. The first kappa shape index (κ1) is 10.0. The van der Waals surface area contributed by atoms with Crippen molar-refractivity contribution in [3.63, 3.8) is 0 Å². The SMILES string of the molecule is CC1(OC(=O)CC(=O)O)CCCC1. The molecule has 4 heteroatoms. The van der Waals surface area contributed by atoms with Crippen molar-refractivity contribution in [2.24, 2.45) is 0 Å². The van der Waals surface area contributed by atoms with E-state index in [1.165, 1.54) is 0 Å². The zero-order chi connectivity index (χ0) is 9.90. The Kier molecular flexibility index (Phi) is 2.90. The maximum absolute atomic E-state index is 11.0. The van der Waals surface area contributed by atoms with Crippen LogP contribution >= 0.6 is 0 Å². The molecular weight excluding hydrogens is 172 g/mol. The summed E-state index contributed by atoms with van der Waals surface area (Å²) in [6, 6.07) is 0. The molecule has 0 saturated heterocycles. The van der Waals surface area contributed by atoms with E-state index in [-0.39, 0.29) is 0 Å². The molecule has 4 nitrogen and oxygen atoms in total. The van der Waals surface area contributed by atoms with Gasteiger partial charge in [0, 0.05) is 0 Å². The van der Waals surface area contributed by atoms with Crippen molar-refractivity contribution in [3.8, 4) is 0 Å². The van der Waals surface area contributed by atoms with Crippen LogP contribution in [0.5, 0.6) is 0 Å².